The molecule has 33 heavy (non-hydrogen) atoms. The number of carbonyl (C=O) groups is 1. The van der Waals surface area contributed by atoms with Crippen molar-refractivity contribution in [2.45, 2.75) is 44.8 Å². The van der Waals surface area contributed by atoms with E-state index in [9.17, 15) is 22.0 Å². The van der Waals surface area contributed by atoms with Crippen molar-refractivity contribution in [2.24, 2.45) is 0 Å². The molecule has 0 bridgehead atoms. The van der Waals surface area contributed by atoms with E-state index < -0.39 is 34.9 Å². The van der Waals surface area contributed by atoms with Gasteiger partial charge in [-0.1, -0.05) is 30.3 Å². The Hall–Kier alpha value is -2.79. The highest BCUT2D eigenvalue weighted by Gasteiger charge is 2.39. The van der Waals surface area contributed by atoms with Crippen LogP contribution in [-0.2, 0) is 34.5 Å². The summed E-state index contributed by atoms with van der Waals surface area (Å²) in [5.74, 6) is -1.53. The second kappa shape index (κ2) is 9.60. The standard InChI is InChI=1S/C22H24F3N3O4S/c23-19(24)8-9-26-16-7-6-15-10-18(32-13-14-4-2-1-3-5-14)22(21(25)17(15)11-16)28-12-20(29)27-33(28,30)31/h1-5,10,16,19,26H,6-9,11-13H2,(H,27,29). The molecule has 0 radical (unpaired) electrons. The van der Waals surface area contributed by atoms with E-state index >= 15 is 4.39 Å². The topological polar surface area (TPSA) is 87.7 Å². The highest BCUT2D eigenvalue weighted by atomic mass is 32.2. The van der Waals surface area contributed by atoms with Crippen LogP contribution in [-0.4, -0.2) is 39.9 Å². The molecule has 4 rings (SSSR count). The van der Waals surface area contributed by atoms with Gasteiger partial charge in [-0.2, -0.15) is 8.42 Å². The number of halogens is 3. The zero-order valence-electron chi connectivity index (χ0n) is 17.7. The van der Waals surface area contributed by atoms with Gasteiger partial charge in [0.1, 0.15) is 24.6 Å². The van der Waals surface area contributed by atoms with Crippen molar-refractivity contribution in [1.82, 2.24) is 10.0 Å². The molecule has 1 fully saturated rings. The van der Waals surface area contributed by atoms with Crippen LogP contribution in [0.4, 0.5) is 18.9 Å². The van der Waals surface area contributed by atoms with Gasteiger partial charge < -0.3 is 10.1 Å². The van der Waals surface area contributed by atoms with Gasteiger partial charge in [-0.25, -0.2) is 22.2 Å². The number of nitrogens with zero attached hydrogens (tertiary/aromatic N) is 1. The van der Waals surface area contributed by atoms with E-state index in [0.717, 1.165) is 5.56 Å². The van der Waals surface area contributed by atoms with Gasteiger partial charge >= 0.3 is 10.2 Å². The number of ether oxygens (including phenoxy) is 1. The number of amides is 1. The van der Waals surface area contributed by atoms with Crippen LogP contribution < -0.4 is 19.1 Å². The van der Waals surface area contributed by atoms with Crippen LogP contribution in [0.25, 0.3) is 0 Å². The molecule has 1 saturated heterocycles. The normalized spacial score (nSPS) is 19.5. The molecule has 1 amide bonds. The fourth-order valence-electron chi connectivity index (χ4n) is 4.12. The van der Waals surface area contributed by atoms with Crippen LogP contribution in [0.5, 0.6) is 5.75 Å². The minimum absolute atomic E-state index is 0.0271. The summed E-state index contributed by atoms with van der Waals surface area (Å²) < 4.78 is 74.0. The van der Waals surface area contributed by atoms with Gasteiger partial charge in [0, 0.05) is 19.0 Å². The SMILES string of the molecule is O=C1CN(c2c(OCc3ccccc3)cc3c(c2F)CC(NCCC(F)F)CC3)S(=O)(=O)N1. The Morgan fingerprint density at radius 2 is 2.00 bits per heavy atom. The molecule has 178 valence electrons. The number of carbonyl (C=O) groups excluding carboxylic acids is 1. The predicted molar refractivity (Wildman–Crippen MR) is 116 cm³/mol. The van der Waals surface area contributed by atoms with Gasteiger partial charge in [-0.15, -0.1) is 0 Å². The van der Waals surface area contributed by atoms with Crippen LogP contribution in [0.1, 0.15) is 29.5 Å². The van der Waals surface area contributed by atoms with Crippen LogP contribution in [0.15, 0.2) is 36.4 Å². The average molecular weight is 484 g/mol. The van der Waals surface area contributed by atoms with Crippen molar-refractivity contribution < 1.29 is 31.1 Å². The summed E-state index contributed by atoms with van der Waals surface area (Å²) in [6.07, 6.45) is -1.42. The zero-order chi connectivity index (χ0) is 23.6. The van der Waals surface area contributed by atoms with Crippen LogP contribution in [0.3, 0.4) is 0 Å². The van der Waals surface area contributed by atoms with Gasteiger partial charge in [-0.3, -0.25) is 4.79 Å². The zero-order valence-corrected chi connectivity index (χ0v) is 18.5. The lowest BCUT2D eigenvalue weighted by molar-refractivity contribution is -0.117. The number of rotatable bonds is 8. The van der Waals surface area contributed by atoms with E-state index in [4.69, 9.17) is 4.74 Å². The number of benzene rings is 2. The first-order valence-electron chi connectivity index (χ1n) is 10.6. The Morgan fingerprint density at radius 3 is 2.67 bits per heavy atom. The molecule has 0 saturated carbocycles. The second-order valence-corrected chi connectivity index (χ2v) is 9.65. The number of fused-ring (bicyclic) bond motifs is 1. The third kappa shape index (κ3) is 5.25. The minimum Gasteiger partial charge on any atom is -0.487 e. The van der Waals surface area contributed by atoms with Gasteiger partial charge in [-0.05, 0) is 42.0 Å². The first-order valence-corrected chi connectivity index (χ1v) is 12.0. The Kier molecular flexibility index (Phi) is 6.80. The molecular weight excluding hydrogens is 459 g/mol. The van der Waals surface area contributed by atoms with E-state index in [1.807, 2.05) is 35.1 Å². The monoisotopic (exact) mass is 483 g/mol. The maximum atomic E-state index is 15.8. The van der Waals surface area contributed by atoms with Crippen molar-refractivity contribution in [3.05, 3.63) is 58.9 Å². The molecule has 1 unspecified atom stereocenters. The summed E-state index contributed by atoms with van der Waals surface area (Å²) in [5.41, 5.74) is 1.45. The summed E-state index contributed by atoms with van der Waals surface area (Å²) in [4.78, 5) is 11.8. The van der Waals surface area contributed by atoms with E-state index in [1.165, 1.54) is 0 Å². The first kappa shape index (κ1) is 23.4. The molecule has 1 aliphatic carbocycles. The Bertz CT molecular complexity index is 1130. The fourth-order valence-corrected chi connectivity index (χ4v) is 5.28. The van der Waals surface area contributed by atoms with Crippen LogP contribution in [0.2, 0.25) is 0 Å². The lowest BCUT2D eigenvalue weighted by atomic mass is 9.87. The van der Waals surface area contributed by atoms with Gasteiger partial charge in [0.2, 0.25) is 6.43 Å². The summed E-state index contributed by atoms with van der Waals surface area (Å²) in [6, 6.07) is 10.5. The van der Waals surface area contributed by atoms with Gasteiger partial charge in [0.15, 0.2) is 5.82 Å². The summed E-state index contributed by atoms with van der Waals surface area (Å²) >= 11 is 0. The molecule has 2 aromatic rings. The maximum Gasteiger partial charge on any atom is 0.326 e. The number of hydrogen-bond donors (Lipinski definition) is 2. The highest BCUT2D eigenvalue weighted by Crippen LogP contribution is 2.40. The molecule has 0 spiro atoms. The smallest absolute Gasteiger partial charge is 0.326 e. The lowest BCUT2D eigenvalue weighted by Crippen LogP contribution is -2.37. The minimum atomic E-state index is -4.27. The van der Waals surface area contributed by atoms with Crippen LogP contribution in [0, 0.1) is 5.82 Å². The molecule has 11 heteroatoms. The maximum absolute atomic E-state index is 15.8. The number of alkyl halides is 2. The van der Waals surface area contributed by atoms with Crippen molar-refractivity contribution in [3.63, 3.8) is 0 Å². The molecular formula is C22H24F3N3O4S. The predicted octanol–water partition coefficient (Wildman–Crippen LogP) is 2.69. The summed E-state index contributed by atoms with van der Waals surface area (Å²) in [7, 11) is -4.27. The summed E-state index contributed by atoms with van der Waals surface area (Å²) in [6.45, 7) is -0.377. The van der Waals surface area contributed by atoms with Crippen molar-refractivity contribution >= 4 is 21.8 Å². The number of hydrogen-bond acceptors (Lipinski definition) is 5. The largest absolute Gasteiger partial charge is 0.487 e. The Morgan fingerprint density at radius 1 is 1.24 bits per heavy atom. The molecule has 1 aliphatic heterocycles. The van der Waals surface area contributed by atoms with Crippen molar-refractivity contribution in [3.8, 4) is 5.75 Å². The fraction of sp³-hybridized carbons (Fsp3) is 0.409. The quantitative estimate of drug-likeness (QED) is 0.603. The van der Waals surface area contributed by atoms with Crippen molar-refractivity contribution in [2.75, 3.05) is 17.4 Å². The second-order valence-electron chi connectivity index (χ2n) is 8.06. The summed E-state index contributed by atoms with van der Waals surface area (Å²) in [5, 5.41) is 3.02. The number of aryl methyl sites for hydroxylation is 1. The van der Waals surface area contributed by atoms with Gasteiger partial charge in [0.05, 0.1) is 0 Å². The van der Waals surface area contributed by atoms with E-state index in [2.05, 4.69) is 5.32 Å². The molecule has 2 aromatic carbocycles. The first-order chi connectivity index (χ1) is 15.7. The molecule has 1 heterocycles. The van der Waals surface area contributed by atoms with E-state index in [1.54, 1.807) is 6.07 Å². The third-order valence-electron chi connectivity index (χ3n) is 5.71. The Balaban J connectivity index is 1.67. The Labute approximate surface area is 190 Å². The average Bonchev–Trinajstić information content (AvgIpc) is 3.04. The molecule has 2 aliphatic rings. The molecule has 1 atom stereocenters. The van der Waals surface area contributed by atoms with E-state index in [-0.39, 0.29) is 43.5 Å². The van der Waals surface area contributed by atoms with Gasteiger partial charge in [0.25, 0.3) is 5.91 Å². The van der Waals surface area contributed by atoms with E-state index in [0.29, 0.717) is 28.3 Å². The molecule has 0 aromatic heterocycles. The molecule has 2 N–H and O–H groups in total. The number of anilines is 1. The van der Waals surface area contributed by atoms with Crippen LogP contribution >= 0.6 is 0 Å². The highest BCUT2D eigenvalue weighted by molar-refractivity contribution is 7.92. The number of nitrogens with one attached hydrogen (secondary N) is 2. The third-order valence-corrected chi connectivity index (χ3v) is 7.09. The van der Waals surface area contributed by atoms with Crippen molar-refractivity contribution in [1.29, 1.82) is 0 Å². The molecule has 7 nitrogen and oxygen atoms in total. The lowest BCUT2D eigenvalue weighted by Gasteiger charge is -2.29.